The largest absolute Gasteiger partial charge is 0.480 e. The summed E-state index contributed by atoms with van der Waals surface area (Å²) in [6.45, 7) is 1.24. The van der Waals surface area contributed by atoms with Gasteiger partial charge in [0.2, 0.25) is 5.91 Å². The Morgan fingerprint density at radius 1 is 1.04 bits per heavy atom. The van der Waals surface area contributed by atoms with E-state index < -0.39 is 42.0 Å². The van der Waals surface area contributed by atoms with Crippen molar-refractivity contribution in [2.45, 2.75) is 25.6 Å². The van der Waals surface area contributed by atoms with E-state index in [1.54, 1.807) is 6.07 Å². The summed E-state index contributed by atoms with van der Waals surface area (Å²) >= 11 is 0. The molecule has 2 amide bonds. The Bertz CT molecular complexity index is 897. The predicted octanol–water partition coefficient (Wildman–Crippen LogP) is 3.09. The SMILES string of the molecule is CC(=O)Nc1ccccc1C(=O)N[C@@H](Cc1ccccc1C(F)(F)F)C(=O)O. The zero-order valence-electron chi connectivity index (χ0n) is 14.7. The first-order valence-electron chi connectivity index (χ1n) is 8.15. The fourth-order valence-corrected chi connectivity index (χ4v) is 2.61. The van der Waals surface area contributed by atoms with Gasteiger partial charge in [0.15, 0.2) is 0 Å². The summed E-state index contributed by atoms with van der Waals surface area (Å²) < 4.78 is 39.4. The molecule has 0 fully saturated rings. The summed E-state index contributed by atoms with van der Waals surface area (Å²) in [4.78, 5) is 35.3. The molecule has 1 atom stereocenters. The second-order valence-electron chi connectivity index (χ2n) is 5.95. The van der Waals surface area contributed by atoms with Crippen LogP contribution >= 0.6 is 0 Å². The molecule has 2 aromatic rings. The first-order valence-corrected chi connectivity index (χ1v) is 8.15. The highest BCUT2D eigenvalue weighted by Gasteiger charge is 2.34. The lowest BCUT2D eigenvalue weighted by molar-refractivity contribution is -0.141. The molecule has 0 aromatic heterocycles. The third-order valence-corrected chi connectivity index (χ3v) is 3.83. The molecule has 0 aliphatic carbocycles. The molecule has 9 heteroatoms. The van der Waals surface area contributed by atoms with E-state index in [4.69, 9.17) is 0 Å². The van der Waals surface area contributed by atoms with Gasteiger partial charge in [-0.05, 0) is 23.8 Å². The number of anilines is 1. The average Bonchev–Trinajstić information content (AvgIpc) is 2.60. The van der Waals surface area contributed by atoms with Gasteiger partial charge in [-0.3, -0.25) is 9.59 Å². The monoisotopic (exact) mass is 394 g/mol. The van der Waals surface area contributed by atoms with Crippen molar-refractivity contribution >= 4 is 23.5 Å². The van der Waals surface area contributed by atoms with Crippen molar-refractivity contribution in [1.82, 2.24) is 5.32 Å². The molecule has 0 aliphatic rings. The van der Waals surface area contributed by atoms with Crippen LogP contribution in [0.15, 0.2) is 48.5 Å². The highest BCUT2D eigenvalue weighted by Crippen LogP contribution is 2.32. The number of para-hydroxylation sites is 1. The second kappa shape index (κ2) is 8.55. The van der Waals surface area contributed by atoms with Crippen LogP contribution in [0.1, 0.15) is 28.4 Å². The molecule has 0 saturated carbocycles. The maximum Gasteiger partial charge on any atom is 0.416 e. The fourth-order valence-electron chi connectivity index (χ4n) is 2.61. The van der Waals surface area contributed by atoms with E-state index in [1.165, 1.54) is 37.3 Å². The number of halogens is 3. The standard InChI is InChI=1S/C19H17F3N2O4/c1-11(25)23-15-9-5-3-7-13(15)17(26)24-16(18(27)28)10-12-6-2-4-8-14(12)19(20,21)22/h2-9,16H,10H2,1H3,(H,23,25)(H,24,26)(H,27,28)/t16-/m0/s1. The summed E-state index contributed by atoms with van der Waals surface area (Å²) in [5, 5.41) is 14.0. The van der Waals surface area contributed by atoms with Crippen LogP contribution in [-0.2, 0) is 22.2 Å². The lowest BCUT2D eigenvalue weighted by Crippen LogP contribution is -2.42. The number of carboxylic acid groups (broad SMARTS) is 1. The van der Waals surface area contributed by atoms with Crippen molar-refractivity contribution in [3.8, 4) is 0 Å². The Morgan fingerprint density at radius 3 is 2.25 bits per heavy atom. The number of alkyl halides is 3. The third kappa shape index (κ3) is 5.32. The van der Waals surface area contributed by atoms with Crippen molar-refractivity contribution in [2.75, 3.05) is 5.32 Å². The fraction of sp³-hybridized carbons (Fsp3) is 0.211. The van der Waals surface area contributed by atoms with Crippen LogP contribution in [0.4, 0.5) is 18.9 Å². The Labute approximate surface area is 158 Å². The van der Waals surface area contributed by atoms with Gasteiger partial charge in [0.05, 0.1) is 16.8 Å². The highest BCUT2D eigenvalue weighted by atomic mass is 19.4. The number of aliphatic carboxylic acids is 1. The topological polar surface area (TPSA) is 95.5 Å². The Hall–Kier alpha value is -3.36. The van der Waals surface area contributed by atoms with Crippen molar-refractivity contribution in [1.29, 1.82) is 0 Å². The van der Waals surface area contributed by atoms with E-state index in [9.17, 15) is 32.7 Å². The minimum absolute atomic E-state index is 0.00643. The van der Waals surface area contributed by atoms with E-state index in [0.29, 0.717) is 0 Å². The molecular weight excluding hydrogens is 377 g/mol. The zero-order chi connectivity index (χ0) is 20.9. The number of rotatable bonds is 6. The first-order chi connectivity index (χ1) is 13.1. The van der Waals surface area contributed by atoms with Crippen LogP contribution in [0.2, 0.25) is 0 Å². The minimum atomic E-state index is -4.65. The van der Waals surface area contributed by atoms with Gasteiger partial charge in [0, 0.05) is 13.3 Å². The Morgan fingerprint density at radius 2 is 1.64 bits per heavy atom. The number of hydrogen-bond donors (Lipinski definition) is 3. The summed E-state index contributed by atoms with van der Waals surface area (Å²) in [5.41, 5.74) is -1.06. The first kappa shape index (κ1) is 20.9. The van der Waals surface area contributed by atoms with Crippen LogP contribution in [0.5, 0.6) is 0 Å². The molecule has 0 heterocycles. The van der Waals surface area contributed by atoms with E-state index in [0.717, 1.165) is 12.1 Å². The van der Waals surface area contributed by atoms with Crippen LogP contribution in [0.3, 0.4) is 0 Å². The van der Waals surface area contributed by atoms with Gasteiger partial charge in [0.25, 0.3) is 5.91 Å². The van der Waals surface area contributed by atoms with Crippen LogP contribution in [0.25, 0.3) is 0 Å². The molecular formula is C19H17F3N2O4. The lowest BCUT2D eigenvalue weighted by atomic mass is 9.99. The summed E-state index contributed by atoms with van der Waals surface area (Å²) in [7, 11) is 0. The number of nitrogens with one attached hydrogen (secondary N) is 2. The van der Waals surface area contributed by atoms with Crippen LogP contribution in [0, 0.1) is 0 Å². The van der Waals surface area contributed by atoms with Gasteiger partial charge in [-0.2, -0.15) is 13.2 Å². The number of carboxylic acids is 1. The Balaban J connectivity index is 2.27. The van der Waals surface area contributed by atoms with Crippen molar-refractivity contribution in [2.24, 2.45) is 0 Å². The molecule has 148 valence electrons. The number of amides is 2. The molecule has 0 radical (unpaired) electrons. The molecule has 0 saturated heterocycles. The highest BCUT2D eigenvalue weighted by molar-refractivity contribution is 6.04. The smallest absolute Gasteiger partial charge is 0.416 e. The quantitative estimate of drug-likeness (QED) is 0.702. The number of benzene rings is 2. The average molecular weight is 394 g/mol. The molecule has 28 heavy (non-hydrogen) atoms. The van der Waals surface area contributed by atoms with Crippen molar-refractivity contribution < 1.29 is 32.7 Å². The van der Waals surface area contributed by atoms with E-state index >= 15 is 0 Å². The second-order valence-corrected chi connectivity index (χ2v) is 5.95. The lowest BCUT2D eigenvalue weighted by Gasteiger charge is -2.19. The van der Waals surface area contributed by atoms with Gasteiger partial charge in [-0.1, -0.05) is 30.3 Å². The third-order valence-electron chi connectivity index (χ3n) is 3.83. The maximum absolute atomic E-state index is 13.1. The van der Waals surface area contributed by atoms with Gasteiger partial charge < -0.3 is 15.7 Å². The molecule has 6 nitrogen and oxygen atoms in total. The summed E-state index contributed by atoms with van der Waals surface area (Å²) in [6.07, 6.45) is -5.21. The molecule has 2 aromatic carbocycles. The molecule has 0 spiro atoms. The van der Waals surface area contributed by atoms with Gasteiger partial charge in [0.1, 0.15) is 6.04 Å². The molecule has 3 N–H and O–H groups in total. The molecule has 2 rings (SSSR count). The van der Waals surface area contributed by atoms with Crippen LogP contribution < -0.4 is 10.6 Å². The van der Waals surface area contributed by atoms with Crippen LogP contribution in [-0.4, -0.2) is 28.9 Å². The van der Waals surface area contributed by atoms with Crippen molar-refractivity contribution in [3.63, 3.8) is 0 Å². The van der Waals surface area contributed by atoms with E-state index in [1.807, 2.05) is 0 Å². The minimum Gasteiger partial charge on any atom is -0.480 e. The summed E-state index contributed by atoms with van der Waals surface area (Å²) in [5.74, 6) is -2.75. The maximum atomic E-state index is 13.1. The van der Waals surface area contributed by atoms with Gasteiger partial charge in [-0.15, -0.1) is 0 Å². The zero-order valence-corrected chi connectivity index (χ0v) is 14.7. The normalized spacial score (nSPS) is 12.1. The van der Waals surface area contributed by atoms with E-state index in [-0.39, 0.29) is 16.8 Å². The Kier molecular flexibility index (Phi) is 6.40. The molecule has 0 aliphatic heterocycles. The summed E-state index contributed by atoms with van der Waals surface area (Å²) in [6, 6.07) is 8.86. The van der Waals surface area contributed by atoms with E-state index in [2.05, 4.69) is 10.6 Å². The number of carbonyl (C=O) groups is 3. The molecule has 0 unspecified atom stereocenters. The molecule has 0 bridgehead atoms. The number of hydrogen-bond acceptors (Lipinski definition) is 3. The number of carbonyl (C=O) groups excluding carboxylic acids is 2. The van der Waals surface area contributed by atoms with Gasteiger partial charge >= 0.3 is 12.1 Å². The predicted molar refractivity (Wildman–Crippen MR) is 94.8 cm³/mol. The van der Waals surface area contributed by atoms with Crippen molar-refractivity contribution in [3.05, 3.63) is 65.2 Å². The van der Waals surface area contributed by atoms with Gasteiger partial charge in [-0.25, -0.2) is 4.79 Å².